The van der Waals surface area contributed by atoms with E-state index in [0.717, 1.165) is 5.13 Å². The van der Waals surface area contributed by atoms with Crippen LogP contribution in [0.5, 0.6) is 0 Å². The first-order chi connectivity index (χ1) is 8.15. The molecule has 0 radical (unpaired) electrons. The van der Waals surface area contributed by atoms with Gasteiger partial charge in [-0.25, -0.2) is 4.98 Å². The van der Waals surface area contributed by atoms with Gasteiger partial charge in [-0.2, -0.15) is 0 Å². The summed E-state index contributed by atoms with van der Waals surface area (Å²) in [6, 6.07) is 0.493. The summed E-state index contributed by atoms with van der Waals surface area (Å²) >= 11 is 1.50. The van der Waals surface area contributed by atoms with Crippen molar-refractivity contribution < 1.29 is 9.90 Å². The Balaban J connectivity index is 1.93. The van der Waals surface area contributed by atoms with Crippen LogP contribution in [0.15, 0.2) is 5.38 Å². The highest BCUT2D eigenvalue weighted by atomic mass is 32.1. The standard InChI is InChI=1S/C12H18N2O2S/c1-8-4-2-3-5-10(8)14-12-13-9(7-17-12)6-11(15)16/h7-8,10H,2-6H2,1H3,(H,13,14)(H,15,16). The minimum absolute atomic E-state index is 0.0123. The minimum Gasteiger partial charge on any atom is -0.481 e. The molecule has 17 heavy (non-hydrogen) atoms. The van der Waals surface area contributed by atoms with Crippen molar-refractivity contribution >= 4 is 22.4 Å². The SMILES string of the molecule is CC1CCCCC1Nc1nc(CC(=O)O)cs1. The molecule has 1 heterocycles. The third kappa shape index (κ3) is 3.43. The molecule has 4 nitrogen and oxygen atoms in total. The van der Waals surface area contributed by atoms with Gasteiger partial charge in [-0.3, -0.25) is 4.79 Å². The number of rotatable bonds is 4. The van der Waals surface area contributed by atoms with Crippen LogP contribution >= 0.6 is 11.3 Å². The van der Waals surface area contributed by atoms with Crippen LogP contribution in [-0.2, 0) is 11.2 Å². The first-order valence-electron chi connectivity index (χ1n) is 6.08. The molecule has 94 valence electrons. The summed E-state index contributed by atoms with van der Waals surface area (Å²) < 4.78 is 0. The molecule has 1 aliphatic carbocycles. The topological polar surface area (TPSA) is 62.2 Å². The Morgan fingerprint density at radius 2 is 2.35 bits per heavy atom. The second-order valence-corrected chi connectivity index (χ2v) is 5.59. The van der Waals surface area contributed by atoms with Crippen molar-refractivity contribution in [2.45, 2.75) is 45.1 Å². The minimum atomic E-state index is -0.826. The van der Waals surface area contributed by atoms with Crippen molar-refractivity contribution in [2.75, 3.05) is 5.32 Å². The Hall–Kier alpha value is -1.10. The van der Waals surface area contributed by atoms with Crippen molar-refractivity contribution in [3.05, 3.63) is 11.1 Å². The van der Waals surface area contributed by atoms with E-state index in [2.05, 4.69) is 17.2 Å². The van der Waals surface area contributed by atoms with E-state index < -0.39 is 5.97 Å². The number of nitrogens with zero attached hydrogens (tertiary/aromatic N) is 1. The average molecular weight is 254 g/mol. The van der Waals surface area contributed by atoms with Gasteiger partial charge in [0, 0.05) is 11.4 Å². The van der Waals surface area contributed by atoms with Crippen LogP contribution in [0.2, 0.25) is 0 Å². The second-order valence-electron chi connectivity index (χ2n) is 4.73. The van der Waals surface area contributed by atoms with Crippen molar-refractivity contribution in [3.8, 4) is 0 Å². The Bertz CT molecular complexity index is 392. The van der Waals surface area contributed by atoms with Crippen LogP contribution in [0.25, 0.3) is 0 Å². The number of carbonyl (C=O) groups is 1. The summed E-state index contributed by atoms with van der Waals surface area (Å²) in [5.74, 6) is -0.150. The average Bonchev–Trinajstić information content (AvgIpc) is 2.68. The summed E-state index contributed by atoms with van der Waals surface area (Å²) in [5.41, 5.74) is 0.647. The van der Waals surface area contributed by atoms with Crippen LogP contribution in [0.1, 0.15) is 38.3 Å². The molecule has 1 aromatic heterocycles. The second kappa shape index (κ2) is 5.49. The van der Waals surface area contributed by atoms with Gasteiger partial charge in [0.25, 0.3) is 0 Å². The zero-order valence-corrected chi connectivity index (χ0v) is 10.8. The summed E-state index contributed by atoms with van der Waals surface area (Å²) in [5, 5.41) is 14.8. The number of aliphatic carboxylic acids is 1. The van der Waals surface area contributed by atoms with Crippen LogP contribution in [-0.4, -0.2) is 22.1 Å². The fourth-order valence-electron chi connectivity index (χ4n) is 2.30. The maximum atomic E-state index is 10.6. The molecule has 0 bridgehead atoms. The lowest BCUT2D eigenvalue weighted by Gasteiger charge is -2.29. The van der Waals surface area contributed by atoms with Crippen molar-refractivity contribution in [1.29, 1.82) is 0 Å². The number of hydrogen-bond acceptors (Lipinski definition) is 4. The monoisotopic (exact) mass is 254 g/mol. The predicted octanol–water partition coefficient (Wildman–Crippen LogP) is 2.76. The maximum absolute atomic E-state index is 10.6. The fraction of sp³-hybridized carbons (Fsp3) is 0.667. The molecule has 0 saturated heterocycles. The van der Waals surface area contributed by atoms with E-state index in [0.29, 0.717) is 17.7 Å². The van der Waals surface area contributed by atoms with Gasteiger partial charge in [-0.1, -0.05) is 19.8 Å². The first-order valence-corrected chi connectivity index (χ1v) is 6.96. The lowest BCUT2D eigenvalue weighted by atomic mass is 9.86. The van der Waals surface area contributed by atoms with Crippen LogP contribution in [0, 0.1) is 5.92 Å². The molecule has 1 aromatic rings. The highest BCUT2D eigenvalue weighted by Gasteiger charge is 2.21. The maximum Gasteiger partial charge on any atom is 0.309 e. The van der Waals surface area contributed by atoms with Crippen LogP contribution in [0.4, 0.5) is 5.13 Å². The smallest absolute Gasteiger partial charge is 0.309 e. The molecule has 0 spiro atoms. The largest absolute Gasteiger partial charge is 0.481 e. The van der Waals surface area contributed by atoms with Gasteiger partial charge in [0.05, 0.1) is 12.1 Å². The number of carboxylic acid groups (broad SMARTS) is 1. The quantitative estimate of drug-likeness (QED) is 0.867. The lowest BCUT2D eigenvalue weighted by molar-refractivity contribution is -0.136. The molecule has 1 saturated carbocycles. The Labute approximate surface area is 105 Å². The number of hydrogen-bond donors (Lipinski definition) is 2. The molecule has 5 heteroatoms. The predicted molar refractivity (Wildman–Crippen MR) is 68.5 cm³/mol. The van der Waals surface area contributed by atoms with Gasteiger partial charge in [-0.15, -0.1) is 11.3 Å². The third-order valence-corrected chi connectivity index (χ3v) is 4.13. The molecule has 0 amide bonds. The molecule has 2 unspecified atom stereocenters. The van der Waals surface area contributed by atoms with E-state index in [9.17, 15) is 4.79 Å². The molecular weight excluding hydrogens is 236 g/mol. The number of thiazole rings is 1. The van der Waals surface area contributed by atoms with Gasteiger partial charge >= 0.3 is 5.97 Å². The van der Waals surface area contributed by atoms with Crippen molar-refractivity contribution in [3.63, 3.8) is 0 Å². The number of carboxylic acids is 1. The molecule has 2 N–H and O–H groups in total. The highest BCUT2D eigenvalue weighted by molar-refractivity contribution is 7.13. The first kappa shape index (κ1) is 12.4. The third-order valence-electron chi connectivity index (χ3n) is 3.30. The van der Waals surface area contributed by atoms with E-state index >= 15 is 0 Å². The van der Waals surface area contributed by atoms with Crippen molar-refractivity contribution in [2.24, 2.45) is 5.92 Å². The molecule has 2 atom stereocenters. The molecule has 1 fully saturated rings. The fourth-order valence-corrected chi connectivity index (χ4v) is 3.07. The van der Waals surface area contributed by atoms with E-state index in [1.807, 2.05) is 5.38 Å². The van der Waals surface area contributed by atoms with Crippen LogP contribution < -0.4 is 5.32 Å². The Kier molecular flexibility index (Phi) is 3.99. The van der Waals surface area contributed by atoms with Crippen LogP contribution in [0.3, 0.4) is 0 Å². The van der Waals surface area contributed by atoms with E-state index in [1.54, 1.807) is 0 Å². The van der Waals surface area contributed by atoms with Gasteiger partial charge in [-0.05, 0) is 18.8 Å². The Morgan fingerprint density at radius 1 is 1.59 bits per heavy atom. The van der Waals surface area contributed by atoms with E-state index in [4.69, 9.17) is 5.11 Å². The van der Waals surface area contributed by atoms with E-state index in [-0.39, 0.29) is 6.42 Å². The normalized spacial score (nSPS) is 24.5. The Morgan fingerprint density at radius 3 is 3.06 bits per heavy atom. The van der Waals surface area contributed by atoms with Crippen molar-refractivity contribution in [1.82, 2.24) is 4.98 Å². The molecule has 0 aromatic carbocycles. The number of aromatic nitrogens is 1. The zero-order chi connectivity index (χ0) is 12.3. The lowest BCUT2D eigenvalue weighted by Crippen LogP contribution is -2.30. The van der Waals surface area contributed by atoms with Gasteiger partial charge in [0.2, 0.25) is 0 Å². The summed E-state index contributed by atoms with van der Waals surface area (Å²) in [7, 11) is 0. The van der Waals surface area contributed by atoms with Gasteiger partial charge in [0.1, 0.15) is 0 Å². The number of nitrogens with one attached hydrogen (secondary N) is 1. The summed E-state index contributed by atoms with van der Waals surface area (Å²) in [4.78, 5) is 14.9. The number of anilines is 1. The molecule has 1 aliphatic rings. The van der Waals surface area contributed by atoms with E-state index in [1.165, 1.54) is 37.0 Å². The van der Waals surface area contributed by atoms with Gasteiger partial charge < -0.3 is 10.4 Å². The van der Waals surface area contributed by atoms with Gasteiger partial charge in [0.15, 0.2) is 5.13 Å². The molecule has 0 aliphatic heterocycles. The zero-order valence-electron chi connectivity index (χ0n) is 9.98. The summed E-state index contributed by atoms with van der Waals surface area (Å²) in [6.45, 7) is 2.27. The molecule has 2 rings (SSSR count). The summed E-state index contributed by atoms with van der Waals surface area (Å²) in [6.07, 6.45) is 5.06. The molecular formula is C12H18N2O2S. The highest BCUT2D eigenvalue weighted by Crippen LogP contribution is 2.28.